The van der Waals surface area contributed by atoms with E-state index in [-0.39, 0.29) is 11.8 Å². The molecule has 2 N–H and O–H groups in total. The number of anilines is 2. The second kappa shape index (κ2) is 8.72. The van der Waals surface area contributed by atoms with Crippen LogP contribution in [0.1, 0.15) is 30.0 Å². The van der Waals surface area contributed by atoms with Gasteiger partial charge in [-0.1, -0.05) is 12.1 Å². The number of hydrogen-bond donors (Lipinski definition) is 2. The van der Waals surface area contributed by atoms with E-state index >= 15 is 0 Å². The predicted molar refractivity (Wildman–Crippen MR) is 105 cm³/mol. The molecule has 0 spiro atoms. The minimum Gasteiger partial charge on any atom is -0.326 e. The lowest BCUT2D eigenvalue weighted by Gasteiger charge is -2.12. The van der Waals surface area contributed by atoms with Gasteiger partial charge in [-0.25, -0.2) is 0 Å². The highest BCUT2D eigenvalue weighted by molar-refractivity contribution is 7.99. The van der Waals surface area contributed by atoms with Crippen LogP contribution in [0, 0.1) is 20.8 Å². The van der Waals surface area contributed by atoms with E-state index in [9.17, 15) is 9.59 Å². The molecule has 0 radical (unpaired) electrons. The maximum Gasteiger partial charge on any atom is 0.225 e. The Morgan fingerprint density at radius 1 is 0.960 bits per heavy atom. The van der Waals surface area contributed by atoms with Crippen LogP contribution >= 0.6 is 11.8 Å². The van der Waals surface area contributed by atoms with Gasteiger partial charge >= 0.3 is 0 Å². The van der Waals surface area contributed by atoms with E-state index in [1.54, 1.807) is 11.8 Å². The highest BCUT2D eigenvalue weighted by Gasteiger charge is 2.09. The van der Waals surface area contributed by atoms with Gasteiger partial charge in [0.15, 0.2) is 0 Å². The molecule has 0 saturated heterocycles. The summed E-state index contributed by atoms with van der Waals surface area (Å²) in [5.41, 5.74) is 4.84. The van der Waals surface area contributed by atoms with Crippen LogP contribution in [0.2, 0.25) is 0 Å². The highest BCUT2D eigenvalue weighted by atomic mass is 32.2. The Hall–Kier alpha value is -2.27. The van der Waals surface area contributed by atoms with Gasteiger partial charge in [0.2, 0.25) is 11.8 Å². The molecule has 2 amide bonds. The Morgan fingerprint density at radius 3 is 2.28 bits per heavy atom. The summed E-state index contributed by atoms with van der Waals surface area (Å²) in [6.45, 7) is 7.53. The minimum absolute atomic E-state index is 0.0283. The predicted octanol–water partition coefficient (Wildman–Crippen LogP) is 4.69. The molecule has 0 aliphatic heterocycles. The van der Waals surface area contributed by atoms with Crippen molar-refractivity contribution in [1.82, 2.24) is 0 Å². The van der Waals surface area contributed by atoms with Crippen LogP contribution in [-0.2, 0) is 9.59 Å². The molecule has 0 heterocycles. The zero-order valence-corrected chi connectivity index (χ0v) is 15.9. The molecule has 25 heavy (non-hydrogen) atoms. The first-order valence-corrected chi connectivity index (χ1v) is 9.22. The summed E-state index contributed by atoms with van der Waals surface area (Å²) in [6.07, 6.45) is 0.432. The summed E-state index contributed by atoms with van der Waals surface area (Å²) in [5, 5.41) is 5.69. The second-order valence-electron chi connectivity index (χ2n) is 6.05. The van der Waals surface area contributed by atoms with Gasteiger partial charge in [-0.3, -0.25) is 9.59 Å². The quantitative estimate of drug-likeness (QED) is 0.738. The van der Waals surface area contributed by atoms with Crippen molar-refractivity contribution in [2.45, 2.75) is 39.0 Å². The van der Waals surface area contributed by atoms with Gasteiger partial charge in [0, 0.05) is 35.4 Å². The number of thioether (sulfide) groups is 1. The zero-order chi connectivity index (χ0) is 18.4. The molecule has 2 aromatic rings. The number of carbonyl (C=O) groups is 2. The van der Waals surface area contributed by atoms with Gasteiger partial charge in [0.25, 0.3) is 0 Å². The molecule has 0 saturated carbocycles. The Bertz CT molecular complexity index is 787. The SMILES string of the molecule is CC(=O)Nc1cccc(NC(=O)CCSc2ccc(C)c(C)c2)c1C. The molecule has 0 atom stereocenters. The Balaban J connectivity index is 1.90. The molecule has 2 aromatic carbocycles. The van der Waals surface area contributed by atoms with Crippen LogP contribution in [0.25, 0.3) is 0 Å². The van der Waals surface area contributed by atoms with E-state index in [2.05, 4.69) is 42.7 Å². The smallest absolute Gasteiger partial charge is 0.225 e. The Kier molecular flexibility index (Phi) is 6.65. The lowest BCUT2D eigenvalue weighted by Crippen LogP contribution is -2.14. The molecule has 0 bridgehead atoms. The number of carbonyl (C=O) groups excluding carboxylic acids is 2. The van der Waals surface area contributed by atoms with E-state index < -0.39 is 0 Å². The van der Waals surface area contributed by atoms with E-state index in [0.717, 1.165) is 22.7 Å². The van der Waals surface area contributed by atoms with Crippen molar-refractivity contribution in [3.63, 3.8) is 0 Å². The summed E-state index contributed by atoms with van der Waals surface area (Å²) < 4.78 is 0. The van der Waals surface area contributed by atoms with Crippen molar-refractivity contribution in [2.75, 3.05) is 16.4 Å². The maximum absolute atomic E-state index is 12.2. The van der Waals surface area contributed by atoms with Crippen LogP contribution < -0.4 is 10.6 Å². The molecule has 4 nitrogen and oxygen atoms in total. The molecule has 0 fully saturated rings. The van der Waals surface area contributed by atoms with Crippen molar-refractivity contribution in [3.05, 3.63) is 53.1 Å². The van der Waals surface area contributed by atoms with Gasteiger partial charge in [-0.05, 0) is 61.7 Å². The van der Waals surface area contributed by atoms with Gasteiger partial charge < -0.3 is 10.6 Å². The second-order valence-corrected chi connectivity index (χ2v) is 7.22. The normalized spacial score (nSPS) is 10.4. The average molecular weight is 356 g/mol. The number of nitrogens with one attached hydrogen (secondary N) is 2. The van der Waals surface area contributed by atoms with Crippen LogP contribution in [-0.4, -0.2) is 17.6 Å². The lowest BCUT2D eigenvalue weighted by molar-refractivity contribution is -0.116. The van der Waals surface area contributed by atoms with E-state index in [1.165, 1.54) is 22.9 Å². The van der Waals surface area contributed by atoms with Crippen LogP contribution in [0.15, 0.2) is 41.3 Å². The van der Waals surface area contributed by atoms with E-state index in [1.807, 2.05) is 25.1 Å². The van der Waals surface area contributed by atoms with E-state index in [0.29, 0.717) is 6.42 Å². The molecule has 5 heteroatoms. The fourth-order valence-electron chi connectivity index (χ4n) is 2.37. The van der Waals surface area contributed by atoms with Crippen molar-refractivity contribution in [3.8, 4) is 0 Å². The molecule has 2 rings (SSSR count). The fraction of sp³-hybridized carbons (Fsp3) is 0.300. The number of hydrogen-bond acceptors (Lipinski definition) is 3. The standard InChI is InChI=1S/C20H24N2O2S/c1-13-8-9-17(12-14(13)2)25-11-10-20(24)22-19-7-5-6-18(15(19)3)21-16(4)23/h5-9,12H,10-11H2,1-4H3,(H,21,23)(H,22,24). The highest BCUT2D eigenvalue weighted by Crippen LogP contribution is 2.24. The number of aryl methyl sites for hydroxylation is 2. The zero-order valence-electron chi connectivity index (χ0n) is 15.1. The summed E-state index contributed by atoms with van der Waals surface area (Å²) in [4.78, 5) is 24.6. The number of rotatable bonds is 6. The Morgan fingerprint density at radius 2 is 1.64 bits per heavy atom. The molecule has 0 unspecified atom stereocenters. The molecule has 132 valence electrons. The first kappa shape index (κ1) is 19.1. The first-order chi connectivity index (χ1) is 11.9. The van der Waals surface area contributed by atoms with Gasteiger partial charge in [-0.15, -0.1) is 11.8 Å². The number of amides is 2. The maximum atomic E-state index is 12.2. The third-order valence-electron chi connectivity index (χ3n) is 3.99. The van der Waals surface area contributed by atoms with Crippen molar-refractivity contribution >= 4 is 35.0 Å². The molecule has 0 aliphatic rings. The van der Waals surface area contributed by atoms with Gasteiger partial charge in [0.1, 0.15) is 0 Å². The first-order valence-electron chi connectivity index (χ1n) is 8.24. The van der Waals surface area contributed by atoms with Crippen molar-refractivity contribution < 1.29 is 9.59 Å². The van der Waals surface area contributed by atoms with Crippen molar-refractivity contribution in [2.24, 2.45) is 0 Å². The summed E-state index contributed by atoms with van der Waals surface area (Å²) >= 11 is 1.68. The number of benzene rings is 2. The van der Waals surface area contributed by atoms with E-state index in [4.69, 9.17) is 0 Å². The minimum atomic E-state index is -0.128. The third kappa shape index (κ3) is 5.64. The lowest BCUT2D eigenvalue weighted by atomic mass is 10.1. The van der Waals surface area contributed by atoms with Gasteiger partial charge in [0.05, 0.1) is 0 Å². The summed E-state index contributed by atoms with van der Waals surface area (Å²) in [6, 6.07) is 11.8. The van der Waals surface area contributed by atoms with Crippen LogP contribution in [0.3, 0.4) is 0 Å². The topological polar surface area (TPSA) is 58.2 Å². The van der Waals surface area contributed by atoms with Crippen LogP contribution in [0.4, 0.5) is 11.4 Å². The average Bonchev–Trinajstić information content (AvgIpc) is 2.54. The monoisotopic (exact) mass is 356 g/mol. The van der Waals surface area contributed by atoms with Crippen molar-refractivity contribution in [1.29, 1.82) is 0 Å². The van der Waals surface area contributed by atoms with Crippen LogP contribution in [0.5, 0.6) is 0 Å². The fourth-order valence-corrected chi connectivity index (χ4v) is 3.32. The third-order valence-corrected chi connectivity index (χ3v) is 4.99. The molecule has 0 aliphatic carbocycles. The Labute approximate surface area is 153 Å². The molecule has 0 aromatic heterocycles. The summed E-state index contributed by atoms with van der Waals surface area (Å²) in [7, 11) is 0. The molecular formula is C20H24N2O2S. The van der Waals surface area contributed by atoms with Gasteiger partial charge in [-0.2, -0.15) is 0 Å². The summed E-state index contributed by atoms with van der Waals surface area (Å²) in [5.74, 6) is 0.564. The largest absolute Gasteiger partial charge is 0.326 e. The molecular weight excluding hydrogens is 332 g/mol.